The third kappa shape index (κ3) is 2.66. The molecule has 0 unspecified atom stereocenters. The maximum absolute atomic E-state index is 12.2. The highest BCUT2D eigenvalue weighted by atomic mass is 35.5. The number of carbonyl (C=O) groups excluding carboxylic acids is 1. The molecule has 6 nitrogen and oxygen atoms in total. The van der Waals surface area contributed by atoms with Gasteiger partial charge in [0.25, 0.3) is 0 Å². The number of carbonyl (C=O) groups is 1. The standard InChI is InChI=1S/C13H14N4O2.ClH/c14-7-11-15-12(19-16-11)13(18)17-6-5-9-3-1-2-4-10(9)8-17;/h1-4H,5-8,14H2;1H. The van der Waals surface area contributed by atoms with Gasteiger partial charge in [0.2, 0.25) is 0 Å². The van der Waals surface area contributed by atoms with Crippen LogP contribution in [-0.2, 0) is 19.5 Å². The molecular formula is C13H15ClN4O2. The van der Waals surface area contributed by atoms with Gasteiger partial charge in [0.1, 0.15) is 0 Å². The molecule has 7 heteroatoms. The van der Waals surface area contributed by atoms with E-state index < -0.39 is 0 Å². The fourth-order valence-corrected chi connectivity index (χ4v) is 2.23. The van der Waals surface area contributed by atoms with Crippen molar-refractivity contribution in [1.29, 1.82) is 0 Å². The fraction of sp³-hybridized carbons (Fsp3) is 0.308. The van der Waals surface area contributed by atoms with Crippen molar-refractivity contribution in [3.05, 3.63) is 47.1 Å². The Morgan fingerprint density at radius 2 is 2.10 bits per heavy atom. The van der Waals surface area contributed by atoms with Crippen LogP contribution < -0.4 is 5.73 Å². The number of benzene rings is 1. The van der Waals surface area contributed by atoms with Crippen molar-refractivity contribution >= 4 is 18.3 Å². The highest BCUT2D eigenvalue weighted by Crippen LogP contribution is 2.19. The molecule has 2 aromatic rings. The van der Waals surface area contributed by atoms with E-state index in [1.54, 1.807) is 4.90 Å². The van der Waals surface area contributed by atoms with Gasteiger partial charge in [-0.1, -0.05) is 29.4 Å². The molecule has 0 bridgehead atoms. The third-order valence-corrected chi connectivity index (χ3v) is 3.25. The van der Waals surface area contributed by atoms with Gasteiger partial charge in [0, 0.05) is 13.1 Å². The number of hydrogen-bond acceptors (Lipinski definition) is 5. The summed E-state index contributed by atoms with van der Waals surface area (Å²) in [5.41, 5.74) is 7.85. The minimum Gasteiger partial charge on any atom is -0.330 e. The van der Waals surface area contributed by atoms with Crippen LogP contribution in [0, 0.1) is 0 Å². The molecule has 3 rings (SSSR count). The Balaban J connectivity index is 0.00000147. The average molecular weight is 295 g/mol. The summed E-state index contributed by atoms with van der Waals surface area (Å²) >= 11 is 0. The molecule has 1 aliphatic rings. The van der Waals surface area contributed by atoms with Crippen molar-refractivity contribution in [1.82, 2.24) is 15.0 Å². The van der Waals surface area contributed by atoms with Crippen LogP contribution in [0.3, 0.4) is 0 Å². The second-order valence-corrected chi connectivity index (χ2v) is 4.47. The zero-order chi connectivity index (χ0) is 13.2. The Kier molecular flexibility index (Phi) is 4.36. The van der Waals surface area contributed by atoms with Crippen LogP contribution >= 0.6 is 12.4 Å². The van der Waals surface area contributed by atoms with E-state index in [-0.39, 0.29) is 30.7 Å². The molecule has 0 fully saturated rings. The number of fused-ring (bicyclic) bond motifs is 1. The number of rotatable bonds is 2. The summed E-state index contributed by atoms with van der Waals surface area (Å²) in [4.78, 5) is 17.9. The monoisotopic (exact) mass is 294 g/mol. The Morgan fingerprint density at radius 1 is 1.35 bits per heavy atom. The van der Waals surface area contributed by atoms with Gasteiger partial charge in [0.05, 0.1) is 6.54 Å². The normalized spacial score (nSPS) is 13.6. The summed E-state index contributed by atoms with van der Waals surface area (Å²) in [5, 5.41) is 3.64. The lowest BCUT2D eigenvalue weighted by Gasteiger charge is -2.27. The van der Waals surface area contributed by atoms with Crippen LogP contribution in [0.25, 0.3) is 0 Å². The highest BCUT2D eigenvalue weighted by Gasteiger charge is 2.25. The van der Waals surface area contributed by atoms with Gasteiger partial charge < -0.3 is 15.2 Å². The van der Waals surface area contributed by atoms with E-state index in [4.69, 9.17) is 10.3 Å². The minimum absolute atomic E-state index is 0. The van der Waals surface area contributed by atoms with Crippen LogP contribution in [0.5, 0.6) is 0 Å². The zero-order valence-electron chi connectivity index (χ0n) is 10.8. The molecule has 1 aromatic heterocycles. The molecular weight excluding hydrogens is 280 g/mol. The summed E-state index contributed by atoms with van der Waals surface area (Å²) < 4.78 is 4.93. The lowest BCUT2D eigenvalue weighted by Crippen LogP contribution is -2.36. The summed E-state index contributed by atoms with van der Waals surface area (Å²) in [5.74, 6) is 0.127. The quantitative estimate of drug-likeness (QED) is 0.898. The van der Waals surface area contributed by atoms with Crippen molar-refractivity contribution < 1.29 is 9.32 Å². The van der Waals surface area contributed by atoms with Crippen molar-refractivity contribution in [2.24, 2.45) is 5.73 Å². The van der Waals surface area contributed by atoms with Crippen molar-refractivity contribution in [2.75, 3.05) is 6.54 Å². The van der Waals surface area contributed by atoms with Crippen molar-refractivity contribution in [2.45, 2.75) is 19.5 Å². The number of halogens is 1. The molecule has 1 aromatic carbocycles. The summed E-state index contributed by atoms with van der Waals surface area (Å²) in [6, 6.07) is 8.12. The van der Waals surface area contributed by atoms with E-state index >= 15 is 0 Å². The minimum atomic E-state index is -0.235. The molecule has 2 heterocycles. The SMILES string of the molecule is Cl.NCc1noc(C(=O)N2CCc3ccccc3C2)n1. The molecule has 106 valence electrons. The predicted molar refractivity (Wildman–Crippen MR) is 74.3 cm³/mol. The van der Waals surface area contributed by atoms with E-state index in [0.29, 0.717) is 18.9 Å². The summed E-state index contributed by atoms with van der Waals surface area (Å²) in [6.07, 6.45) is 0.847. The Labute approximate surface area is 122 Å². The summed E-state index contributed by atoms with van der Waals surface area (Å²) in [7, 11) is 0. The Bertz CT molecular complexity index is 614. The molecule has 0 atom stereocenters. The second kappa shape index (κ2) is 6.02. The molecule has 1 aliphatic heterocycles. The lowest BCUT2D eigenvalue weighted by atomic mass is 10.00. The first kappa shape index (κ1) is 14.5. The first-order chi connectivity index (χ1) is 9.28. The van der Waals surface area contributed by atoms with Crippen LogP contribution in [0.2, 0.25) is 0 Å². The third-order valence-electron chi connectivity index (χ3n) is 3.25. The van der Waals surface area contributed by atoms with Gasteiger partial charge >= 0.3 is 11.8 Å². The number of nitrogens with zero attached hydrogens (tertiary/aromatic N) is 3. The van der Waals surface area contributed by atoms with Gasteiger partial charge in [0.15, 0.2) is 5.82 Å². The molecule has 0 radical (unpaired) electrons. The van der Waals surface area contributed by atoms with Crippen molar-refractivity contribution in [3.63, 3.8) is 0 Å². The molecule has 2 N–H and O–H groups in total. The number of aromatic nitrogens is 2. The first-order valence-electron chi connectivity index (χ1n) is 6.16. The summed E-state index contributed by atoms with van der Waals surface area (Å²) in [6.45, 7) is 1.41. The van der Waals surface area contributed by atoms with E-state index in [9.17, 15) is 4.79 Å². The van der Waals surface area contributed by atoms with Crippen LogP contribution in [0.4, 0.5) is 0 Å². The number of nitrogens with two attached hydrogens (primary N) is 1. The Morgan fingerprint density at radius 3 is 2.80 bits per heavy atom. The van der Waals surface area contributed by atoms with Crippen LogP contribution in [0.15, 0.2) is 28.8 Å². The van der Waals surface area contributed by atoms with Gasteiger partial charge in [-0.25, -0.2) is 0 Å². The fourth-order valence-electron chi connectivity index (χ4n) is 2.23. The second-order valence-electron chi connectivity index (χ2n) is 4.47. The lowest BCUT2D eigenvalue weighted by molar-refractivity contribution is 0.0684. The van der Waals surface area contributed by atoms with Crippen LogP contribution in [-0.4, -0.2) is 27.5 Å². The topological polar surface area (TPSA) is 85.2 Å². The van der Waals surface area contributed by atoms with E-state index in [0.717, 1.165) is 6.42 Å². The highest BCUT2D eigenvalue weighted by molar-refractivity contribution is 5.89. The van der Waals surface area contributed by atoms with Gasteiger partial charge in [-0.05, 0) is 17.5 Å². The average Bonchev–Trinajstić information content (AvgIpc) is 2.95. The van der Waals surface area contributed by atoms with E-state index in [1.165, 1.54) is 11.1 Å². The molecule has 0 spiro atoms. The van der Waals surface area contributed by atoms with E-state index in [1.807, 2.05) is 18.2 Å². The first-order valence-corrected chi connectivity index (χ1v) is 6.16. The Hall–Kier alpha value is -1.92. The van der Waals surface area contributed by atoms with Crippen LogP contribution in [0.1, 0.15) is 27.6 Å². The number of amides is 1. The van der Waals surface area contributed by atoms with Gasteiger partial charge in [-0.2, -0.15) is 4.98 Å². The predicted octanol–water partition coefficient (Wildman–Crippen LogP) is 1.15. The zero-order valence-corrected chi connectivity index (χ0v) is 11.6. The molecule has 0 saturated heterocycles. The number of hydrogen-bond donors (Lipinski definition) is 1. The smallest absolute Gasteiger partial charge is 0.316 e. The van der Waals surface area contributed by atoms with Gasteiger partial charge in [-0.15, -0.1) is 12.4 Å². The van der Waals surface area contributed by atoms with Gasteiger partial charge in [-0.3, -0.25) is 4.79 Å². The largest absolute Gasteiger partial charge is 0.330 e. The van der Waals surface area contributed by atoms with Crippen molar-refractivity contribution in [3.8, 4) is 0 Å². The molecule has 20 heavy (non-hydrogen) atoms. The maximum Gasteiger partial charge on any atom is 0.316 e. The maximum atomic E-state index is 12.2. The van der Waals surface area contributed by atoms with E-state index in [2.05, 4.69) is 16.2 Å². The molecule has 0 aliphatic carbocycles. The molecule has 1 amide bonds. The molecule has 0 saturated carbocycles.